The first kappa shape index (κ1) is 61.8. The molecule has 5 aromatic rings. The summed E-state index contributed by atoms with van der Waals surface area (Å²) < 4.78 is 102. The number of nitrogens with two attached hydrogens (primary N) is 2. The molecule has 0 spiro atoms. The summed E-state index contributed by atoms with van der Waals surface area (Å²) in [6, 6.07) is 14.0. The normalized spacial score (nSPS) is 11.5. The van der Waals surface area contributed by atoms with E-state index in [0.29, 0.717) is 0 Å². The summed E-state index contributed by atoms with van der Waals surface area (Å²) >= 11 is 0. The van der Waals surface area contributed by atoms with Gasteiger partial charge in [-0.05, 0) is 66.0 Å². The molecule has 5 radical (unpaired) electrons. The molecule has 0 amide bonds. The van der Waals surface area contributed by atoms with Gasteiger partial charge >= 0.3 is 11.9 Å². The number of nitrogens with zero attached hydrogens (tertiary/aromatic N) is 6. The number of rotatable bonds is 15. The van der Waals surface area contributed by atoms with Gasteiger partial charge in [-0.3, -0.25) is 23.2 Å². The molecule has 0 aliphatic heterocycles. The number of carboxylic acid groups (broad SMARTS) is 2. The van der Waals surface area contributed by atoms with Crippen molar-refractivity contribution < 1.29 is 63.8 Å². The van der Waals surface area contributed by atoms with E-state index in [4.69, 9.17) is 21.7 Å². The molecule has 0 heterocycles. The second-order valence-electron chi connectivity index (χ2n) is 11.8. The van der Waals surface area contributed by atoms with Crippen LogP contribution >= 0.6 is 0 Å². The number of hydrogen-bond donors (Lipinski definition) is 10. The molecule has 0 aliphatic carbocycles. The molecule has 5 rings (SSSR count). The number of nitrogens with one attached hydrogen (secondary N) is 2. The van der Waals surface area contributed by atoms with E-state index in [1.54, 1.807) is 0 Å². The van der Waals surface area contributed by atoms with Crippen molar-refractivity contribution in [2.24, 2.45) is 30.7 Å². The van der Waals surface area contributed by atoms with E-state index < -0.39 is 81.5 Å². The molecule has 0 aromatic heterocycles. The van der Waals surface area contributed by atoms with Crippen LogP contribution < -0.4 is 22.1 Å². The minimum absolute atomic E-state index is 0. The first-order chi connectivity index (χ1) is 27.5. The number of azo groups is 3. The fourth-order valence-electron chi connectivity index (χ4n) is 5.02. The Morgan fingerprint density at radius 1 is 0.531 bits per heavy atom. The Labute approximate surface area is 474 Å². The van der Waals surface area contributed by atoms with E-state index in [2.05, 4.69) is 41.3 Å². The third-order valence-electron chi connectivity index (χ3n) is 7.63. The van der Waals surface area contributed by atoms with Gasteiger partial charge in [0.05, 0.1) is 39.8 Å². The largest absolute Gasteiger partial charge is 0.505 e. The Kier molecular flexibility index (Phi) is 24.9. The van der Waals surface area contributed by atoms with Crippen LogP contribution in [0.2, 0.25) is 0 Å². The van der Waals surface area contributed by atoms with Crippen LogP contribution in [0.25, 0.3) is 10.8 Å². The Balaban J connectivity index is 0.00000794. The summed E-state index contributed by atoms with van der Waals surface area (Å²) in [5, 5.41) is 57.2. The number of carbonyl (C=O) groups is 2. The maximum atomic E-state index is 12.4. The van der Waals surface area contributed by atoms with Crippen LogP contribution in [0.4, 0.5) is 56.9 Å². The molecule has 5 aromatic carbocycles. The van der Waals surface area contributed by atoms with Crippen molar-refractivity contribution in [3.05, 3.63) is 72.8 Å². The summed E-state index contributed by atoms with van der Waals surface area (Å²) in [6.07, 6.45) is 0. The maximum Gasteiger partial charge on any atom is 0.322 e. The zero-order valence-electron chi connectivity index (χ0n) is 34.4. The Morgan fingerprint density at radius 3 is 1.34 bits per heavy atom. The second-order valence-corrected chi connectivity index (χ2v) is 16.0. The van der Waals surface area contributed by atoms with E-state index in [9.17, 15) is 53.6 Å². The van der Waals surface area contributed by atoms with Gasteiger partial charge in [0, 0.05) is 153 Å². The number of nitrogen functional groups attached to an aromatic ring is 2. The van der Waals surface area contributed by atoms with Crippen LogP contribution in [0.3, 0.4) is 0 Å². The standard InChI is InChI=1S/C32H28N10O14S3.5Na/c33-20-9-24(35-13-29(43)44)26(57(48,49)50)11-22(20)40-37-16-2-1-3-17(7-16)39-42-31-28(59(54,55)56)6-15-4-5-18(8-19(15)32(31)47)38-41-23-12-27(58(51,52)53)25(10-21(23)34)36-14-30(45)46;;;;;/h1-12,35-36,47H,13-14,33-34H2,(H,43,44)(H,45,46)(H,48,49,50)(H,51,52,53)(H,54,55,56);;;;;. The molecule has 0 fully saturated rings. The van der Waals surface area contributed by atoms with E-state index >= 15 is 0 Å². The first-order valence-corrected chi connectivity index (χ1v) is 20.2. The minimum atomic E-state index is -5.03. The van der Waals surface area contributed by atoms with Gasteiger partial charge in [-0.15, -0.1) is 15.3 Å². The Hall–Kier alpha value is -2.17. The number of anilines is 4. The number of hydrogen-bond acceptors (Lipinski definition) is 19. The second kappa shape index (κ2) is 25.8. The summed E-state index contributed by atoms with van der Waals surface area (Å²) in [4.78, 5) is 19.6. The first-order valence-electron chi connectivity index (χ1n) is 15.9. The van der Waals surface area contributed by atoms with Crippen molar-refractivity contribution in [1.82, 2.24) is 0 Å². The molecule has 0 saturated heterocycles. The van der Waals surface area contributed by atoms with Gasteiger partial charge in [-0.2, -0.15) is 40.6 Å². The number of phenolic OH excluding ortho intramolecular Hbond substituents is 1. The Morgan fingerprint density at radius 2 is 0.938 bits per heavy atom. The average molecular weight is 988 g/mol. The molecule has 0 bridgehead atoms. The van der Waals surface area contributed by atoms with Crippen LogP contribution in [0.5, 0.6) is 5.75 Å². The summed E-state index contributed by atoms with van der Waals surface area (Å²) in [5.74, 6) is -3.45. The molecule has 0 atom stereocenters. The van der Waals surface area contributed by atoms with Crippen molar-refractivity contribution >= 4 is 258 Å². The zero-order chi connectivity index (χ0) is 43.4. The van der Waals surface area contributed by atoms with Crippen molar-refractivity contribution in [3.63, 3.8) is 0 Å². The van der Waals surface area contributed by atoms with Crippen LogP contribution in [0, 0.1) is 0 Å². The SMILES string of the molecule is Nc1cc(NCC(=O)O)c(S(=O)(=O)O)cc1N=Nc1cccc(N=Nc2c(S(=O)(=O)O)cc3ccc(N=Nc4cc(S(=O)(=O)O)c(NCC(=O)O)cc4N)cc3c2O)c1.[Na].[Na].[Na].[Na].[Na]. The zero-order valence-corrected chi connectivity index (χ0v) is 46.8. The molecule has 12 N–H and O–H groups in total. The van der Waals surface area contributed by atoms with Gasteiger partial charge in [0.15, 0.2) is 5.75 Å². The summed E-state index contributed by atoms with van der Waals surface area (Å²) in [7, 11) is -14.8. The van der Waals surface area contributed by atoms with Gasteiger partial charge < -0.3 is 37.4 Å². The molecule has 64 heavy (non-hydrogen) atoms. The van der Waals surface area contributed by atoms with Crippen molar-refractivity contribution in [2.75, 3.05) is 35.2 Å². The van der Waals surface area contributed by atoms with Crippen LogP contribution in [-0.4, -0.2) is 227 Å². The fourth-order valence-corrected chi connectivity index (χ4v) is 7.02. The van der Waals surface area contributed by atoms with Crippen LogP contribution in [-0.2, 0) is 39.9 Å². The number of aliphatic carboxylic acids is 2. The van der Waals surface area contributed by atoms with Crippen molar-refractivity contribution in [2.45, 2.75) is 14.7 Å². The topological polar surface area (TPSA) is 408 Å². The quantitative estimate of drug-likeness (QED) is 0.0309. The van der Waals surface area contributed by atoms with Crippen molar-refractivity contribution in [3.8, 4) is 5.75 Å². The van der Waals surface area contributed by atoms with E-state index in [1.807, 2.05) is 0 Å². The number of benzene rings is 5. The minimum Gasteiger partial charge on any atom is -0.505 e. The summed E-state index contributed by atoms with van der Waals surface area (Å²) in [6.45, 7) is -1.41. The van der Waals surface area contributed by atoms with E-state index in [0.717, 1.165) is 30.3 Å². The van der Waals surface area contributed by atoms with Crippen LogP contribution in [0.15, 0.2) is 118 Å². The summed E-state index contributed by atoms with van der Waals surface area (Å²) in [5.41, 5.74) is 9.75. The van der Waals surface area contributed by atoms with Gasteiger partial charge in [0.1, 0.15) is 44.8 Å². The fraction of sp³-hybridized carbons (Fsp3) is 0.0625. The average Bonchev–Trinajstić information content (AvgIpc) is 3.13. The van der Waals surface area contributed by atoms with Gasteiger partial charge in [0.25, 0.3) is 30.4 Å². The molecule has 32 heteroatoms. The molecular weight excluding hydrogens is 960 g/mol. The molecule has 24 nitrogen and oxygen atoms in total. The third kappa shape index (κ3) is 16.6. The van der Waals surface area contributed by atoms with Gasteiger partial charge in [-0.25, -0.2) is 0 Å². The molecular formula is C32H28N10Na5O14S3. The van der Waals surface area contributed by atoms with E-state index in [-0.39, 0.29) is 210 Å². The number of fused-ring (bicyclic) bond motifs is 1. The molecule has 0 saturated carbocycles. The predicted molar refractivity (Wildman–Crippen MR) is 237 cm³/mol. The molecule has 0 unspecified atom stereocenters. The Bertz CT molecular complexity index is 3000. The maximum absolute atomic E-state index is 12.4. The molecule has 313 valence electrons. The number of phenols is 1. The van der Waals surface area contributed by atoms with Gasteiger partial charge in [-0.1, -0.05) is 12.1 Å². The van der Waals surface area contributed by atoms with Gasteiger partial charge in [0.2, 0.25) is 0 Å². The number of aromatic hydroxyl groups is 1. The predicted octanol–water partition coefficient (Wildman–Crippen LogP) is 3.79. The molecule has 0 aliphatic rings. The third-order valence-corrected chi connectivity index (χ3v) is 10.3. The monoisotopic (exact) mass is 987 g/mol. The van der Waals surface area contributed by atoms with Crippen molar-refractivity contribution in [1.29, 1.82) is 0 Å². The smallest absolute Gasteiger partial charge is 0.322 e. The number of carboxylic acids is 2. The van der Waals surface area contributed by atoms with Crippen LogP contribution in [0.1, 0.15) is 0 Å². The van der Waals surface area contributed by atoms with E-state index in [1.165, 1.54) is 42.5 Å².